The summed E-state index contributed by atoms with van der Waals surface area (Å²) >= 11 is 0. The quantitative estimate of drug-likeness (QED) is 0.0917. The number of benzene rings is 8. The highest BCUT2D eigenvalue weighted by Crippen LogP contribution is 2.22. The minimum atomic E-state index is -3.56. The van der Waals surface area contributed by atoms with E-state index in [1.807, 2.05) is 68.4 Å². The number of nitrogens with one attached hydrogen (secondary N) is 1. The lowest BCUT2D eigenvalue weighted by molar-refractivity contribution is 0.0996. The average Bonchev–Trinajstić information content (AvgIpc) is 1.75. The first-order valence-corrected chi connectivity index (χ1v) is 35.8. The van der Waals surface area contributed by atoms with Gasteiger partial charge in [-0.1, -0.05) is 293 Å². The number of amides is 1. The molecule has 5 N–H and O–H groups in total. The van der Waals surface area contributed by atoms with E-state index in [4.69, 9.17) is 10.9 Å². The SMILES string of the molecule is C.CC(=O)c1cccc(C(C)C)c1.CC(C)c1ccc(C(N)=O)cc1.CC(C)c1cccc(NS(C)(=O)=O)c1.CC(C)c1cccc(S(N)(=O)=O)c1.CCc1cccc(C(C)C)c1.Cc1cccc(C(C)C)c1.Cc1cccc(C(C)C)c1.Cc1cccc(C(C)C)c1. The largest absolute Gasteiger partial charge is 0.366 e. The Morgan fingerprint density at radius 2 is 0.699 bits per heavy atom. The Morgan fingerprint density at radius 1 is 0.387 bits per heavy atom. The first-order valence-electron chi connectivity index (χ1n) is 32.3. The number of ketones is 1. The molecule has 0 bridgehead atoms. The first kappa shape index (κ1) is 85.6. The lowest BCUT2D eigenvalue weighted by Crippen LogP contribution is -2.12. The van der Waals surface area contributed by atoms with E-state index in [1.54, 1.807) is 37.3 Å². The van der Waals surface area contributed by atoms with Gasteiger partial charge in [0, 0.05) is 16.8 Å². The van der Waals surface area contributed by atoms with E-state index in [0.29, 0.717) is 58.6 Å². The van der Waals surface area contributed by atoms with Crippen molar-refractivity contribution in [3.8, 4) is 0 Å². The third-order valence-electron chi connectivity index (χ3n) is 14.7. The van der Waals surface area contributed by atoms with Gasteiger partial charge in [-0.2, -0.15) is 0 Å². The van der Waals surface area contributed by atoms with Crippen molar-refractivity contribution in [3.63, 3.8) is 0 Å². The van der Waals surface area contributed by atoms with Crippen LogP contribution in [0, 0.1) is 20.8 Å². The number of anilines is 1. The van der Waals surface area contributed by atoms with E-state index in [9.17, 15) is 26.4 Å². The van der Waals surface area contributed by atoms with Gasteiger partial charge < -0.3 is 5.73 Å². The van der Waals surface area contributed by atoms with E-state index in [-0.39, 0.29) is 24.0 Å². The van der Waals surface area contributed by atoms with Crippen molar-refractivity contribution in [1.29, 1.82) is 0 Å². The number of hydrogen-bond acceptors (Lipinski definition) is 6. The third-order valence-corrected chi connectivity index (χ3v) is 16.2. The summed E-state index contributed by atoms with van der Waals surface area (Å²) < 4.78 is 46.4. The molecule has 8 aromatic rings. The summed E-state index contributed by atoms with van der Waals surface area (Å²) in [6, 6.07) is 64.2. The minimum Gasteiger partial charge on any atom is -0.366 e. The fourth-order valence-corrected chi connectivity index (χ4v) is 9.76. The van der Waals surface area contributed by atoms with Crippen molar-refractivity contribution in [2.75, 3.05) is 11.0 Å². The molecule has 0 unspecified atom stereocenters. The van der Waals surface area contributed by atoms with Crippen LogP contribution in [0.25, 0.3) is 0 Å². The Bertz CT molecular complexity index is 3560. The summed E-state index contributed by atoms with van der Waals surface area (Å²) in [7, 11) is -6.73. The summed E-state index contributed by atoms with van der Waals surface area (Å²) in [4.78, 5) is 21.9. The summed E-state index contributed by atoms with van der Waals surface area (Å²) in [5.41, 5.74) is 22.9. The maximum absolute atomic E-state index is 11.0. The molecule has 8 aromatic carbocycles. The van der Waals surface area contributed by atoms with Gasteiger partial charge >= 0.3 is 0 Å². The van der Waals surface area contributed by atoms with Crippen molar-refractivity contribution in [2.45, 2.75) is 211 Å². The standard InChI is InChI=1S/C11H14O.C11H16.C10H15NO2S.C10H13NO.3C10H14.C9H13NO2S.CH4/c1-8(2)10-5-4-6-11(7-10)9(3)12;1-4-10-6-5-7-11(8-10)9(2)3;1-8(2)9-5-4-6-10(7-9)11-14(3,12)13;1-7(2)8-3-5-9(6-4-8)10(11)12;3*1-8(2)10-6-4-5-9(3)7-10;1-7(2)8-4-3-5-9(6-8)13(10,11)12;/h4-8H,1-3H3;5-9H,4H2,1-3H3;4-8,11H,1-3H3;3-7H,1-2H3,(H2,11,12);3*4-8H,1-3H3;3-7H,1-2H3,(H2,10,11,12);1H4. The van der Waals surface area contributed by atoms with Crippen LogP contribution in [0.1, 0.15) is 267 Å². The van der Waals surface area contributed by atoms with E-state index in [2.05, 4.69) is 232 Å². The molecule has 0 fully saturated rings. The van der Waals surface area contributed by atoms with Gasteiger partial charge in [0.1, 0.15) is 0 Å². The number of carbonyl (C=O) groups excluding carboxylic acids is 2. The number of Topliss-reactive ketones (excluding diaryl/α,β-unsaturated/α-hetero) is 1. The van der Waals surface area contributed by atoms with Gasteiger partial charge in [-0.3, -0.25) is 14.3 Å². The molecule has 1 amide bonds. The molecule has 0 radical (unpaired) electrons. The van der Waals surface area contributed by atoms with Crippen LogP contribution in [0.15, 0.2) is 199 Å². The molecule has 0 aliphatic carbocycles. The number of rotatable bonds is 14. The van der Waals surface area contributed by atoms with Crippen molar-refractivity contribution >= 4 is 37.4 Å². The Kier molecular flexibility index (Phi) is 40.0. The van der Waals surface area contributed by atoms with Gasteiger partial charge in [0.05, 0.1) is 11.2 Å². The van der Waals surface area contributed by atoms with Gasteiger partial charge in [-0.25, -0.2) is 22.0 Å². The van der Waals surface area contributed by atoms with Crippen molar-refractivity contribution in [2.24, 2.45) is 10.9 Å². The lowest BCUT2D eigenvalue weighted by atomic mass is 10.00. The van der Waals surface area contributed by atoms with Crippen LogP contribution in [0.4, 0.5) is 5.69 Å². The molecule has 8 rings (SSSR count). The molecule has 0 saturated carbocycles. The van der Waals surface area contributed by atoms with Crippen LogP contribution in [-0.4, -0.2) is 34.8 Å². The summed E-state index contributed by atoms with van der Waals surface area (Å²) in [5, 5.41) is 5.00. The molecular weight excluding hydrogens is 1190 g/mol. The van der Waals surface area contributed by atoms with Gasteiger partial charge in [0.15, 0.2) is 5.78 Å². The number of hydrogen-bond donors (Lipinski definition) is 3. The highest BCUT2D eigenvalue weighted by atomic mass is 32.2. The molecule has 0 atom stereocenters. The smallest absolute Gasteiger partial charge is 0.248 e. The Balaban J connectivity index is 0.00000104. The summed E-state index contributed by atoms with van der Waals surface area (Å²) in [6.45, 7) is 44.6. The number of aryl methyl sites for hydroxylation is 4. The molecule has 0 aliphatic heterocycles. The van der Waals surface area contributed by atoms with Crippen LogP contribution in [0.2, 0.25) is 0 Å². The monoisotopic (exact) mass is 1300 g/mol. The normalized spacial score (nSPS) is 10.7. The zero-order valence-electron chi connectivity index (χ0n) is 59.7. The van der Waals surface area contributed by atoms with Gasteiger partial charge in [0.2, 0.25) is 26.0 Å². The summed E-state index contributed by atoms with van der Waals surface area (Å²) in [6.07, 6.45) is 2.29. The second kappa shape index (κ2) is 43.5. The molecule has 93 heavy (non-hydrogen) atoms. The molecule has 0 aliphatic rings. The maximum atomic E-state index is 11.0. The number of sulfonamides is 2. The van der Waals surface area contributed by atoms with Gasteiger partial charge in [-0.05, 0) is 174 Å². The maximum Gasteiger partial charge on any atom is 0.248 e. The zero-order chi connectivity index (χ0) is 70.1. The van der Waals surface area contributed by atoms with E-state index < -0.39 is 20.0 Å². The molecule has 0 heterocycles. The Labute approximate surface area is 565 Å². The second-order valence-electron chi connectivity index (χ2n) is 25.9. The van der Waals surface area contributed by atoms with Crippen LogP contribution < -0.4 is 15.6 Å². The van der Waals surface area contributed by atoms with Crippen molar-refractivity contribution in [1.82, 2.24) is 0 Å². The number of carbonyl (C=O) groups is 2. The molecule has 0 saturated heterocycles. The molecular formula is C82H117N3O6S2. The van der Waals surface area contributed by atoms with E-state index >= 15 is 0 Å². The predicted molar refractivity (Wildman–Crippen MR) is 403 cm³/mol. The molecule has 11 heteroatoms. The Hall–Kier alpha value is -7.44. The van der Waals surface area contributed by atoms with Crippen LogP contribution in [0.3, 0.4) is 0 Å². The second-order valence-corrected chi connectivity index (χ2v) is 29.2. The van der Waals surface area contributed by atoms with Gasteiger partial charge in [0.25, 0.3) is 0 Å². The molecule has 0 aromatic heterocycles. The third kappa shape index (κ3) is 36.6. The van der Waals surface area contributed by atoms with Gasteiger partial charge in [-0.15, -0.1) is 0 Å². The zero-order valence-corrected chi connectivity index (χ0v) is 61.4. The van der Waals surface area contributed by atoms with Crippen LogP contribution >= 0.6 is 0 Å². The molecule has 0 spiro atoms. The topological polar surface area (TPSA) is 166 Å². The van der Waals surface area contributed by atoms with Crippen molar-refractivity contribution < 1.29 is 26.4 Å². The highest BCUT2D eigenvalue weighted by molar-refractivity contribution is 7.92. The highest BCUT2D eigenvalue weighted by Gasteiger charge is 2.10. The number of primary sulfonamides is 1. The molecule has 508 valence electrons. The number of nitrogens with two attached hydrogens (primary N) is 2. The minimum absolute atomic E-state index is 0. The van der Waals surface area contributed by atoms with E-state index in [0.717, 1.165) is 29.4 Å². The first-order chi connectivity index (χ1) is 42.8. The van der Waals surface area contributed by atoms with Crippen LogP contribution in [0.5, 0.6) is 0 Å². The predicted octanol–water partition coefficient (Wildman–Crippen LogP) is 21.9. The average molecular weight is 1300 g/mol. The fourth-order valence-electron chi connectivity index (χ4n) is 8.63. The fraction of sp³-hybridized carbons (Fsp3) is 0.390. The van der Waals surface area contributed by atoms with Crippen molar-refractivity contribution in [3.05, 3.63) is 272 Å². The lowest BCUT2D eigenvalue weighted by Gasteiger charge is -2.08. The van der Waals surface area contributed by atoms with E-state index in [1.165, 1.54) is 61.7 Å². The Morgan fingerprint density at radius 3 is 1.01 bits per heavy atom. The van der Waals surface area contributed by atoms with Crippen LogP contribution in [-0.2, 0) is 26.5 Å². The number of primary amides is 1. The summed E-state index contributed by atoms with van der Waals surface area (Å²) in [5.74, 6) is 4.07. The molecule has 9 nitrogen and oxygen atoms in total.